The second kappa shape index (κ2) is 8.25. The highest BCUT2D eigenvalue weighted by atomic mass is 16.5. The molecule has 0 bridgehead atoms. The van der Waals surface area contributed by atoms with Gasteiger partial charge in [-0.1, -0.05) is 32.1 Å². The molecule has 1 aliphatic carbocycles. The molecule has 0 amide bonds. The zero-order valence-electron chi connectivity index (χ0n) is 9.34. The van der Waals surface area contributed by atoms with Crippen LogP contribution in [-0.4, -0.2) is 19.8 Å². The van der Waals surface area contributed by atoms with E-state index in [2.05, 4.69) is 0 Å². The van der Waals surface area contributed by atoms with Crippen molar-refractivity contribution in [2.45, 2.75) is 51.4 Å². The Bertz CT molecular complexity index is 123. The Morgan fingerprint density at radius 1 is 1.00 bits per heavy atom. The van der Waals surface area contributed by atoms with E-state index in [1.54, 1.807) is 0 Å². The van der Waals surface area contributed by atoms with Crippen LogP contribution in [0, 0.1) is 5.92 Å². The Balaban J connectivity index is 1.67. The molecule has 84 valence electrons. The van der Waals surface area contributed by atoms with Crippen LogP contribution in [-0.2, 0) is 4.74 Å². The summed E-state index contributed by atoms with van der Waals surface area (Å²) in [7, 11) is 0. The highest BCUT2D eigenvalue weighted by Gasteiger charge is 2.16. The zero-order chi connectivity index (χ0) is 10.1. The third-order valence-corrected chi connectivity index (χ3v) is 3.14. The summed E-state index contributed by atoms with van der Waals surface area (Å²) in [4.78, 5) is 0. The second-order valence-corrected chi connectivity index (χ2v) is 4.40. The third-order valence-electron chi connectivity index (χ3n) is 3.14. The predicted molar refractivity (Wildman–Crippen MR) is 60.3 cm³/mol. The quantitative estimate of drug-likeness (QED) is 0.579. The lowest BCUT2D eigenvalue weighted by Crippen LogP contribution is -2.13. The normalized spacial score (nSPS) is 16.9. The van der Waals surface area contributed by atoms with E-state index in [1.165, 1.54) is 51.4 Å². The van der Waals surface area contributed by atoms with E-state index in [4.69, 9.17) is 10.5 Å². The molecular formula is C12H25NO. The lowest BCUT2D eigenvalue weighted by atomic mass is 9.83. The summed E-state index contributed by atoms with van der Waals surface area (Å²) in [5.41, 5.74) is 5.41. The molecule has 0 atom stereocenters. The molecule has 0 aromatic rings. The highest BCUT2D eigenvalue weighted by molar-refractivity contribution is 4.68. The molecule has 0 heterocycles. The van der Waals surface area contributed by atoms with E-state index in [-0.39, 0.29) is 0 Å². The van der Waals surface area contributed by atoms with Gasteiger partial charge in [0, 0.05) is 13.2 Å². The molecule has 0 saturated heterocycles. The van der Waals surface area contributed by atoms with Gasteiger partial charge in [-0.15, -0.1) is 0 Å². The summed E-state index contributed by atoms with van der Waals surface area (Å²) in [5, 5.41) is 0. The summed E-state index contributed by atoms with van der Waals surface area (Å²) < 4.78 is 5.59. The van der Waals surface area contributed by atoms with Crippen molar-refractivity contribution in [1.29, 1.82) is 0 Å². The lowest BCUT2D eigenvalue weighted by Gasteiger charge is -2.24. The monoisotopic (exact) mass is 199 g/mol. The Morgan fingerprint density at radius 2 is 1.79 bits per heavy atom. The molecule has 0 unspecified atom stereocenters. The van der Waals surface area contributed by atoms with Gasteiger partial charge in [0.05, 0.1) is 0 Å². The SMILES string of the molecule is NCCCCCCOCCC1CCC1. The molecule has 0 aromatic carbocycles. The molecule has 1 saturated carbocycles. The Kier molecular flexibility index (Phi) is 7.06. The molecule has 0 spiro atoms. The standard InChI is InChI=1S/C12H25NO/c13-9-3-1-2-4-10-14-11-8-12-6-5-7-12/h12H,1-11,13H2. The Hall–Kier alpha value is -0.0800. The molecule has 2 heteroatoms. The molecular weight excluding hydrogens is 174 g/mol. The molecule has 1 rings (SSSR count). The molecule has 1 aliphatic rings. The van der Waals surface area contributed by atoms with Crippen molar-refractivity contribution in [1.82, 2.24) is 0 Å². The van der Waals surface area contributed by atoms with Crippen LogP contribution in [0.5, 0.6) is 0 Å². The van der Waals surface area contributed by atoms with Crippen LogP contribution in [0.1, 0.15) is 51.4 Å². The summed E-state index contributed by atoms with van der Waals surface area (Å²) in [6, 6.07) is 0. The van der Waals surface area contributed by atoms with Gasteiger partial charge in [0.25, 0.3) is 0 Å². The summed E-state index contributed by atoms with van der Waals surface area (Å²) >= 11 is 0. The molecule has 14 heavy (non-hydrogen) atoms. The van der Waals surface area contributed by atoms with Gasteiger partial charge in [-0.05, 0) is 31.7 Å². The fourth-order valence-corrected chi connectivity index (χ4v) is 1.84. The molecule has 2 nitrogen and oxygen atoms in total. The number of ether oxygens (including phenoxy) is 1. The van der Waals surface area contributed by atoms with Crippen LogP contribution in [0.2, 0.25) is 0 Å². The van der Waals surface area contributed by atoms with Gasteiger partial charge in [-0.2, -0.15) is 0 Å². The van der Waals surface area contributed by atoms with E-state index >= 15 is 0 Å². The van der Waals surface area contributed by atoms with E-state index < -0.39 is 0 Å². The van der Waals surface area contributed by atoms with Gasteiger partial charge >= 0.3 is 0 Å². The summed E-state index contributed by atoms with van der Waals surface area (Å²) in [6.45, 7) is 2.78. The van der Waals surface area contributed by atoms with Crippen LogP contribution in [0.4, 0.5) is 0 Å². The molecule has 0 aromatic heterocycles. The van der Waals surface area contributed by atoms with Crippen molar-refractivity contribution in [3.63, 3.8) is 0 Å². The van der Waals surface area contributed by atoms with Crippen molar-refractivity contribution in [3.05, 3.63) is 0 Å². The third kappa shape index (κ3) is 5.61. The second-order valence-electron chi connectivity index (χ2n) is 4.40. The predicted octanol–water partition coefficient (Wildman–Crippen LogP) is 2.71. The number of hydrogen-bond donors (Lipinski definition) is 1. The van der Waals surface area contributed by atoms with Crippen LogP contribution < -0.4 is 5.73 Å². The Morgan fingerprint density at radius 3 is 2.43 bits per heavy atom. The van der Waals surface area contributed by atoms with Crippen molar-refractivity contribution < 1.29 is 4.74 Å². The van der Waals surface area contributed by atoms with Crippen LogP contribution in [0.3, 0.4) is 0 Å². The first kappa shape index (κ1) is 12.0. The average Bonchev–Trinajstić information content (AvgIpc) is 2.13. The zero-order valence-corrected chi connectivity index (χ0v) is 9.34. The fourth-order valence-electron chi connectivity index (χ4n) is 1.84. The maximum Gasteiger partial charge on any atom is 0.0468 e. The van der Waals surface area contributed by atoms with E-state index in [0.717, 1.165) is 25.7 Å². The molecule has 2 N–H and O–H groups in total. The number of rotatable bonds is 9. The first-order valence-electron chi connectivity index (χ1n) is 6.21. The average molecular weight is 199 g/mol. The summed E-state index contributed by atoms with van der Waals surface area (Å²) in [5.74, 6) is 0.993. The van der Waals surface area contributed by atoms with E-state index in [9.17, 15) is 0 Å². The topological polar surface area (TPSA) is 35.2 Å². The van der Waals surface area contributed by atoms with Gasteiger partial charge in [0.2, 0.25) is 0 Å². The van der Waals surface area contributed by atoms with Gasteiger partial charge in [-0.25, -0.2) is 0 Å². The van der Waals surface area contributed by atoms with E-state index in [0.29, 0.717) is 0 Å². The maximum atomic E-state index is 5.59. The van der Waals surface area contributed by atoms with Crippen molar-refractivity contribution in [2.24, 2.45) is 11.7 Å². The minimum Gasteiger partial charge on any atom is -0.381 e. The van der Waals surface area contributed by atoms with Crippen molar-refractivity contribution in [2.75, 3.05) is 19.8 Å². The minimum absolute atomic E-state index is 0.836. The van der Waals surface area contributed by atoms with Crippen LogP contribution in [0.15, 0.2) is 0 Å². The van der Waals surface area contributed by atoms with E-state index in [1.807, 2.05) is 0 Å². The van der Waals surface area contributed by atoms with Gasteiger partial charge in [0.1, 0.15) is 0 Å². The van der Waals surface area contributed by atoms with Crippen LogP contribution in [0.25, 0.3) is 0 Å². The molecule has 0 radical (unpaired) electrons. The Labute approximate surface area is 88.2 Å². The number of hydrogen-bond acceptors (Lipinski definition) is 2. The number of unbranched alkanes of at least 4 members (excludes halogenated alkanes) is 3. The highest BCUT2D eigenvalue weighted by Crippen LogP contribution is 2.29. The van der Waals surface area contributed by atoms with Gasteiger partial charge < -0.3 is 10.5 Å². The fraction of sp³-hybridized carbons (Fsp3) is 1.00. The first-order chi connectivity index (χ1) is 6.93. The smallest absolute Gasteiger partial charge is 0.0468 e. The number of nitrogens with two attached hydrogens (primary N) is 1. The maximum absolute atomic E-state index is 5.59. The molecule has 0 aliphatic heterocycles. The largest absolute Gasteiger partial charge is 0.381 e. The van der Waals surface area contributed by atoms with Crippen LogP contribution >= 0.6 is 0 Å². The van der Waals surface area contributed by atoms with Crippen molar-refractivity contribution in [3.8, 4) is 0 Å². The lowest BCUT2D eigenvalue weighted by molar-refractivity contribution is 0.103. The van der Waals surface area contributed by atoms with Crippen molar-refractivity contribution >= 4 is 0 Å². The van der Waals surface area contributed by atoms with Gasteiger partial charge in [-0.3, -0.25) is 0 Å². The first-order valence-corrected chi connectivity index (χ1v) is 6.21. The summed E-state index contributed by atoms with van der Waals surface area (Å²) in [6.07, 6.45) is 10.6. The van der Waals surface area contributed by atoms with Gasteiger partial charge in [0.15, 0.2) is 0 Å². The minimum atomic E-state index is 0.836. The molecule has 1 fully saturated rings.